The molecule has 8 heteroatoms. The number of anilines is 1. The van der Waals surface area contributed by atoms with Crippen molar-refractivity contribution in [2.75, 3.05) is 18.0 Å². The van der Waals surface area contributed by atoms with E-state index in [0.717, 1.165) is 19.5 Å². The highest BCUT2D eigenvalue weighted by molar-refractivity contribution is 5.54. The SMILES string of the molecule is Cc1nc(N2CCC2)nc(-n2ccnc2)c1[N+](=O)[O-]. The van der Waals surface area contributed by atoms with E-state index in [1.807, 2.05) is 4.90 Å². The maximum atomic E-state index is 11.2. The summed E-state index contributed by atoms with van der Waals surface area (Å²) in [6.45, 7) is 3.41. The van der Waals surface area contributed by atoms with Crippen molar-refractivity contribution in [1.29, 1.82) is 0 Å². The Balaban J connectivity index is 2.17. The summed E-state index contributed by atoms with van der Waals surface area (Å²) in [4.78, 5) is 25.2. The molecule has 1 fully saturated rings. The van der Waals surface area contributed by atoms with Crippen LogP contribution in [0.15, 0.2) is 18.7 Å². The van der Waals surface area contributed by atoms with Gasteiger partial charge in [0.25, 0.3) is 0 Å². The second kappa shape index (κ2) is 4.30. The molecule has 0 aromatic carbocycles. The van der Waals surface area contributed by atoms with Crippen LogP contribution in [-0.2, 0) is 0 Å². The van der Waals surface area contributed by atoms with Gasteiger partial charge in [0, 0.05) is 25.5 Å². The van der Waals surface area contributed by atoms with Gasteiger partial charge in [0.05, 0.1) is 4.92 Å². The van der Waals surface area contributed by atoms with E-state index < -0.39 is 4.92 Å². The van der Waals surface area contributed by atoms with Gasteiger partial charge in [-0.3, -0.25) is 14.7 Å². The summed E-state index contributed by atoms with van der Waals surface area (Å²) in [5, 5.41) is 11.2. The van der Waals surface area contributed by atoms with E-state index in [4.69, 9.17) is 0 Å². The molecule has 0 N–H and O–H groups in total. The lowest BCUT2D eigenvalue weighted by Gasteiger charge is -2.31. The molecule has 0 bridgehead atoms. The molecular formula is C11H12N6O2. The summed E-state index contributed by atoms with van der Waals surface area (Å²) in [7, 11) is 0. The summed E-state index contributed by atoms with van der Waals surface area (Å²) in [5.41, 5.74) is 0.285. The molecule has 3 heterocycles. The zero-order valence-electron chi connectivity index (χ0n) is 10.4. The number of hydrogen-bond acceptors (Lipinski definition) is 6. The third-order valence-electron chi connectivity index (χ3n) is 3.10. The quantitative estimate of drug-likeness (QED) is 0.606. The lowest BCUT2D eigenvalue weighted by atomic mass is 10.2. The molecule has 0 saturated carbocycles. The first-order valence-corrected chi connectivity index (χ1v) is 5.93. The number of aromatic nitrogens is 4. The van der Waals surface area contributed by atoms with E-state index in [1.54, 1.807) is 19.3 Å². The number of aryl methyl sites for hydroxylation is 1. The topological polar surface area (TPSA) is 90.0 Å². The van der Waals surface area contributed by atoms with Crippen LogP contribution in [0.25, 0.3) is 5.82 Å². The average molecular weight is 260 g/mol. The predicted molar refractivity (Wildman–Crippen MR) is 67.4 cm³/mol. The van der Waals surface area contributed by atoms with E-state index in [-0.39, 0.29) is 11.5 Å². The maximum absolute atomic E-state index is 11.2. The largest absolute Gasteiger partial charge is 0.341 e. The third-order valence-corrected chi connectivity index (χ3v) is 3.10. The van der Waals surface area contributed by atoms with Crippen LogP contribution >= 0.6 is 0 Å². The monoisotopic (exact) mass is 260 g/mol. The molecule has 19 heavy (non-hydrogen) atoms. The lowest BCUT2D eigenvalue weighted by Crippen LogP contribution is -2.38. The molecule has 0 spiro atoms. The average Bonchev–Trinajstić information content (AvgIpc) is 2.78. The highest BCUT2D eigenvalue weighted by Crippen LogP contribution is 2.27. The fourth-order valence-corrected chi connectivity index (χ4v) is 1.97. The van der Waals surface area contributed by atoms with Crippen molar-refractivity contribution in [1.82, 2.24) is 19.5 Å². The maximum Gasteiger partial charge on any atom is 0.333 e. The number of nitro groups is 1. The van der Waals surface area contributed by atoms with Crippen LogP contribution in [0.1, 0.15) is 12.1 Å². The summed E-state index contributed by atoms with van der Waals surface area (Å²) in [6.07, 6.45) is 5.79. The fraction of sp³-hybridized carbons (Fsp3) is 0.364. The van der Waals surface area contributed by atoms with Gasteiger partial charge in [0.2, 0.25) is 11.8 Å². The molecule has 0 radical (unpaired) electrons. The first-order valence-electron chi connectivity index (χ1n) is 5.93. The molecule has 2 aromatic heterocycles. The molecule has 1 saturated heterocycles. The normalized spacial score (nSPS) is 14.3. The summed E-state index contributed by atoms with van der Waals surface area (Å²) in [6, 6.07) is 0. The van der Waals surface area contributed by atoms with Crippen molar-refractivity contribution < 1.29 is 4.92 Å². The summed E-state index contributed by atoms with van der Waals surface area (Å²) >= 11 is 0. The van der Waals surface area contributed by atoms with Crippen LogP contribution in [0.4, 0.5) is 11.6 Å². The second-order valence-electron chi connectivity index (χ2n) is 4.35. The van der Waals surface area contributed by atoms with E-state index in [1.165, 1.54) is 10.9 Å². The molecule has 0 amide bonds. The van der Waals surface area contributed by atoms with Gasteiger partial charge in [0.15, 0.2) is 0 Å². The zero-order chi connectivity index (χ0) is 13.4. The van der Waals surface area contributed by atoms with Crippen LogP contribution in [-0.4, -0.2) is 37.5 Å². The molecule has 0 atom stereocenters. The van der Waals surface area contributed by atoms with Crippen molar-refractivity contribution in [2.45, 2.75) is 13.3 Å². The zero-order valence-corrected chi connectivity index (χ0v) is 10.4. The van der Waals surface area contributed by atoms with Gasteiger partial charge in [-0.25, -0.2) is 9.97 Å². The Morgan fingerprint density at radius 2 is 2.16 bits per heavy atom. The molecule has 0 aliphatic carbocycles. The van der Waals surface area contributed by atoms with Crippen LogP contribution in [0.2, 0.25) is 0 Å². The Morgan fingerprint density at radius 3 is 2.68 bits per heavy atom. The highest BCUT2D eigenvalue weighted by Gasteiger charge is 2.26. The van der Waals surface area contributed by atoms with E-state index in [0.29, 0.717) is 11.6 Å². The van der Waals surface area contributed by atoms with Crippen molar-refractivity contribution in [3.8, 4) is 5.82 Å². The Labute approximate surface area is 108 Å². The Kier molecular flexibility index (Phi) is 2.62. The number of rotatable bonds is 3. The lowest BCUT2D eigenvalue weighted by molar-refractivity contribution is -0.385. The van der Waals surface area contributed by atoms with Gasteiger partial charge < -0.3 is 4.90 Å². The minimum Gasteiger partial charge on any atom is -0.341 e. The van der Waals surface area contributed by atoms with E-state index in [2.05, 4.69) is 15.0 Å². The number of nitrogens with zero attached hydrogens (tertiary/aromatic N) is 6. The minimum absolute atomic E-state index is 0.0812. The van der Waals surface area contributed by atoms with Gasteiger partial charge in [-0.1, -0.05) is 0 Å². The third kappa shape index (κ3) is 1.90. The molecular weight excluding hydrogens is 248 g/mol. The molecule has 8 nitrogen and oxygen atoms in total. The predicted octanol–water partition coefficient (Wildman–Crippen LogP) is 1.09. The van der Waals surface area contributed by atoms with Crippen molar-refractivity contribution in [2.24, 2.45) is 0 Å². The summed E-state index contributed by atoms with van der Waals surface area (Å²) in [5.74, 6) is 0.801. The van der Waals surface area contributed by atoms with Crippen LogP contribution in [0.3, 0.4) is 0 Å². The van der Waals surface area contributed by atoms with Crippen molar-refractivity contribution in [3.63, 3.8) is 0 Å². The van der Waals surface area contributed by atoms with Gasteiger partial charge >= 0.3 is 5.69 Å². The molecule has 98 valence electrons. The van der Waals surface area contributed by atoms with Crippen LogP contribution in [0.5, 0.6) is 0 Å². The first kappa shape index (κ1) is 11.6. The van der Waals surface area contributed by atoms with Gasteiger partial charge in [0.1, 0.15) is 12.0 Å². The fourth-order valence-electron chi connectivity index (χ4n) is 1.97. The van der Waals surface area contributed by atoms with Gasteiger partial charge in [-0.2, -0.15) is 4.98 Å². The van der Waals surface area contributed by atoms with Gasteiger partial charge in [-0.15, -0.1) is 0 Å². The molecule has 1 aliphatic heterocycles. The van der Waals surface area contributed by atoms with Gasteiger partial charge in [-0.05, 0) is 13.3 Å². The van der Waals surface area contributed by atoms with Crippen molar-refractivity contribution in [3.05, 3.63) is 34.5 Å². The van der Waals surface area contributed by atoms with E-state index in [9.17, 15) is 10.1 Å². The standard InChI is InChI=1S/C11H12N6O2/c1-8-9(17(18)19)10(16-6-3-12-7-16)14-11(13-8)15-4-2-5-15/h3,6-7H,2,4-5H2,1H3. The van der Waals surface area contributed by atoms with Crippen LogP contribution < -0.4 is 4.90 Å². The molecule has 1 aliphatic rings. The first-order chi connectivity index (χ1) is 9.16. The Bertz CT molecular complexity index is 620. The molecule has 3 rings (SSSR count). The smallest absolute Gasteiger partial charge is 0.333 e. The highest BCUT2D eigenvalue weighted by atomic mass is 16.6. The molecule has 0 unspecified atom stereocenters. The number of hydrogen-bond donors (Lipinski definition) is 0. The Hall–Kier alpha value is -2.51. The molecule has 2 aromatic rings. The Morgan fingerprint density at radius 1 is 1.37 bits per heavy atom. The second-order valence-corrected chi connectivity index (χ2v) is 4.35. The van der Waals surface area contributed by atoms with Crippen molar-refractivity contribution >= 4 is 11.6 Å². The van der Waals surface area contributed by atoms with Crippen LogP contribution in [0, 0.1) is 17.0 Å². The minimum atomic E-state index is -0.454. The van der Waals surface area contributed by atoms with E-state index >= 15 is 0 Å². The summed E-state index contributed by atoms with van der Waals surface area (Å²) < 4.78 is 1.54. The number of imidazole rings is 1.